The molecule has 0 fully saturated rings. The number of nitrogens with zero attached hydrogens (tertiary/aromatic N) is 1. The number of hydrogen-bond donors (Lipinski definition) is 2. The van der Waals surface area contributed by atoms with Gasteiger partial charge in [-0.15, -0.1) is 0 Å². The van der Waals surface area contributed by atoms with Gasteiger partial charge < -0.3 is 15.7 Å². The number of carbonyl (C=O) groups is 1. The Hall–Kier alpha value is -0.610. The highest BCUT2D eigenvalue weighted by Gasteiger charge is 2.18. The predicted molar refractivity (Wildman–Crippen MR) is 56.8 cm³/mol. The van der Waals surface area contributed by atoms with E-state index in [-0.39, 0.29) is 18.6 Å². The number of hydrogen-bond acceptors (Lipinski definition) is 3. The number of amides is 1. The maximum atomic E-state index is 11.7. The van der Waals surface area contributed by atoms with E-state index in [0.717, 1.165) is 12.8 Å². The fraction of sp³-hybridized carbons (Fsp3) is 0.900. The van der Waals surface area contributed by atoms with Crippen molar-refractivity contribution in [1.82, 2.24) is 4.90 Å². The fourth-order valence-electron chi connectivity index (χ4n) is 1.35. The van der Waals surface area contributed by atoms with Gasteiger partial charge in [-0.1, -0.05) is 13.3 Å². The largest absolute Gasteiger partial charge is 0.396 e. The topological polar surface area (TPSA) is 66.6 Å². The molecule has 0 saturated carbocycles. The third-order valence-electron chi connectivity index (χ3n) is 2.20. The number of aliphatic hydroxyl groups is 1. The number of rotatable bonds is 7. The van der Waals surface area contributed by atoms with E-state index in [2.05, 4.69) is 0 Å². The van der Waals surface area contributed by atoms with E-state index in [9.17, 15) is 4.79 Å². The molecule has 0 spiro atoms. The molecule has 84 valence electrons. The highest BCUT2D eigenvalue weighted by Crippen LogP contribution is 2.00. The zero-order chi connectivity index (χ0) is 11.0. The molecule has 0 unspecified atom stereocenters. The summed E-state index contributed by atoms with van der Waals surface area (Å²) in [5.41, 5.74) is 5.72. The molecular formula is C10H22N2O2. The number of aliphatic hydroxyl groups excluding tert-OH is 1. The Balaban J connectivity index is 4.01. The Morgan fingerprint density at radius 2 is 2.14 bits per heavy atom. The average molecular weight is 202 g/mol. The van der Waals surface area contributed by atoms with Gasteiger partial charge in [0, 0.05) is 19.7 Å². The fourth-order valence-corrected chi connectivity index (χ4v) is 1.35. The van der Waals surface area contributed by atoms with Gasteiger partial charge in [0.1, 0.15) is 0 Å². The van der Waals surface area contributed by atoms with Crippen LogP contribution in [0.2, 0.25) is 0 Å². The van der Waals surface area contributed by atoms with Gasteiger partial charge in [-0.2, -0.15) is 0 Å². The second kappa shape index (κ2) is 7.76. The van der Waals surface area contributed by atoms with Crippen LogP contribution in [0.5, 0.6) is 0 Å². The molecule has 0 aliphatic carbocycles. The lowest BCUT2D eigenvalue weighted by molar-refractivity contribution is -0.132. The lowest BCUT2D eigenvalue weighted by atomic mass is 10.1. The van der Waals surface area contributed by atoms with Crippen molar-refractivity contribution >= 4 is 5.91 Å². The lowest BCUT2D eigenvalue weighted by Gasteiger charge is -2.23. The van der Waals surface area contributed by atoms with Crippen LogP contribution in [0.25, 0.3) is 0 Å². The number of carbonyl (C=O) groups excluding carboxylic acids is 1. The maximum absolute atomic E-state index is 11.7. The highest BCUT2D eigenvalue weighted by atomic mass is 16.3. The second-order valence-electron chi connectivity index (χ2n) is 3.39. The van der Waals surface area contributed by atoms with Crippen molar-refractivity contribution in [2.45, 2.75) is 39.2 Å². The van der Waals surface area contributed by atoms with Crippen molar-refractivity contribution in [1.29, 1.82) is 0 Å². The molecule has 0 heterocycles. The molecule has 4 heteroatoms. The van der Waals surface area contributed by atoms with Gasteiger partial charge >= 0.3 is 0 Å². The van der Waals surface area contributed by atoms with Crippen molar-refractivity contribution in [2.24, 2.45) is 5.73 Å². The first-order valence-electron chi connectivity index (χ1n) is 5.32. The summed E-state index contributed by atoms with van der Waals surface area (Å²) in [5, 5.41) is 8.67. The molecule has 0 bridgehead atoms. The van der Waals surface area contributed by atoms with Crippen molar-refractivity contribution < 1.29 is 9.90 Å². The van der Waals surface area contributed by atoms with Crippen molar-refractivity contribution in [3.63, 3.8) is 0 Å². The van der Waals surface area contributed by atoms with Crippen molar-refractivity contribution in [3.05, 3.63) is 0 Å². The van der Waals surface area contributed by atoms with Gasteiger partial charge in [0.25, 0.3) is 0 Å². The molecule has 14 heavy (non-hydrogen) atoms. The van der Waals surface area contributed by atoms with E-state index in [1.54, 1.807) is 4.90 Å². The summed E-state index contributed by atoms with van der Waals surface area (Å²) in [6.07, 6.45) is 2.28. The maximum Gasteiger partial charge on any atom is 0.239 e. The van der Waals surface area contributed by atoms with Crippen LogP contribution < -0.4 is 5.73 Å². The Morgan fingerprint density at radius 3 is 2.57 bits per heavy atom. The first-order chi connectivity index (χ1) is 6.67. The van der Waals surface area contributed by atoms with E-state index in [1.165, 1.54) is 0 Å². The molecule has 0 saturated heterocycles. The summed E-state index contributed by atoms with van der Waals surface area (Å²) in [5.74, 6) is 0.00259. The standard InChI is InChI=1S/C10H22N2O2/c1-3-6-9(11)10(14)12(4-2)7-5-8-13/h9,13H,3-8,11H2,1-2H3/t9-/m0/s1. The monoisotopic (exact) mass is 202 g/mol. The third kappa shape index (κ3) is 4.58. The Kier molecular flexibility index (Phi) is 7.42. The molecule has 0 aromatic rings. The first kappa shape index (κ1) is 13.4. The molecule has 3 N–H and O–H groups in total. The van der Waals surface area contributed by atoms with Crippen LogP contribution in [0.4, 0.5) is 0 Å². The summed E-state index contributed by atoms with van der Waals surface area (Å²) in [6.45, 7) is 5.32. The van der Waals surface area contributed by atoms with Crippen LogP contribution in [0.15, 0.2) is 0 Å². The quantitative estimate of drug-likeness (QED) is 0.626. The second-order valence-corrected chi connectivity index (χ2v) is 3.39. The van der Waals surface area contributed by atoms with Gasteiger partial charge in [-0.3, -0.25) is 4.79 Å². The zero-order valence-corrected chi connectivity index (χ0v) is 9.20. The summed E-state index contributed by atoms with van der Waals surface area (Å²) in [6, 6.07) is -0.376. The van der Waals surface area contributed by atoms with Crippen LogP contribution in [0, 0.1) is 0 Å². The molecule has 0 rings (SSSR count). The molecule has 0 aromatic carbocycles. The molecule has 0 radical (unpaired) electrons. The van der Waals surface area contributed by atoms with Crippen LogP contribution in [0.1, 0.15) is 33.1 Å². The predicted octanol–water partition coefficient (Wildman–Crippen LogP) is 0.345. The number of likely N-dealkylation sites (N-methyl/N-ethyl adjacent to an activating group) is 1. The Bertz CT molecular complexity index is 162. The van der Waals surface area contributed by atoms with Gasteiger partial charge in [0.2, 0.25) is 5.91 Å². The minimum atomic E-state index is -0.376. The molecule has 4 nitrogen and oxygen atoms in total. The average Bonchev–Trinajstić information content (AvgIpc) is 2.19. The molecule has 1 atom stereocenters. The van der Waals surface area contributed by atoms with Gasteiger partial charge in [-0.05, 0) is 19.8 Å². The third-order valence-corrected chi connectivity index (χ3v) is 2.20. The van der Waals surface area contributed by atoms with Gasteiger partial charge in [-0.25, -0.2) is 0 Å². The van der Waals surface area contributed by atoms with E-state index in [1.807, 2.05) is 13.8 Å². The van der Waals surface area contributed by atoms with Crippen molar-refractivity contribution in [2.75, 3.05) is 19.7 Å². The zero-order valence-electron chi connectivity index (χ0n) is 9.20. The molecule has 0 aromatic heterocycles. The minimum absolute atomic E-state index is 0.00259. The van der Waals surface area contributed by atoms with E-state index >= 15 is 0 Å². The van der Waals surface area contributed by atoms with Crippen LogP contribution in [-0.4, -0.2) is 41.7 Å². The highest BCUT2D eigenvalue weighted by molar-refractivity contribution is 5.81. The normalized spacial score (nSPS) is 12.6. The Labute approximate surface area is 86.1 Å². The van der Waals surface area contributed by atoms with E-state index in [0.29, 0.717) is 19.5 Å². The molecule has 1 amide bonds. The van der Waals surface area contributed by atoms with E-state index in [4.69, 9.17) is 10.8 Å². The lowest BCUT2D eigenvalue weighted by Crippen LogP contribution is -2.44. The molecular weight excluding hydrogens is 180 g/mol. The van der Waals surface area contributed by atoms with Crippen molar-refractivity contribution in [3.8, 4) is 0 Å². The summed E-state index contributed by atoms with van der Waals surface area (Å²) in [7, 11) is 0. The number of nitrogens with two attached hydrogens (primary N) is 1. The summed E-state index contributed by atoms with van der Waals surface area (Å²) in [4.78, 5) is 13.4. The van der Waals surface area contributed by atoms with Crippen LogP contribution in [-0.2, 0) is 4.79 Å². The van der Waals surface area contributed by atoms with Gasteiger partial charge in [0.05, 0.1) is 6.04 Å². The summed E-state index contributed by atoms with van der Waals surface area (Å²) >= 11 is 0. The van der Waals surface area contributed by atoms with Crippen LogP contribution in [0.3, 0.4) is 0 Å². The molecule has 0 aliphatic heterocycles. The van der Waals surface area contributed by atoms with E-state index < -0.39 is 0 Å². The van der Waals surface area contributed by atoms with Crippen LogP contribution >= 0.6 is 0 Å². The SMILES string of the molecule is CCC[C@H](N)C(=O)N(CC)CCCO. The Morgan fingerprint density at radius 1 is 1.50 bits per heavy atom. The summed E-state index contributed by atoms with van der Waals surface area (Å²) < 4.78 is 0. The van der Waals surface area contributed by atoms with Gasteiger partial charge in [0.15, 0.2) is 0 Å². The first-order valence-corrected chi connectivity index (χ1v) is 5.32. The molecule has 0 aliphatic rings. The minimum Gasteiger partial charge on any atom is -0.396 e. The smallest absolute Gasteiger partial charge is 0.239 e.